The lowest BCUT2D eigenvalue weighted by molar-refractivity contribution is -0.136. The third kappa shape index (κ3) is 5.45. The topological polar surface area (TPSA) is 78.4 Å². The fourth-order valence-corrected chi connectivity index (χ4v) is 1.51. The Balaban J connectivity index is 2.24. The van der Waals surface area contributed by atoms with Crippen molar-refractivity contribution >= 4 is 11.9 Å². The Hall–Kier alpha value is -1.88. The Kier molecular flexibility index (Phi) is 5.87. The molecule has 18 heavy (non-hydrogen) atoms. The summed E-state index contributed by atoms with van der Waals surface area (Å²) in [5.74, 6) is -0.936. The summed E-state index contributed by atoms with van der Waals surface area (Å²) in [7, 11) is 0. The molecule has 1 amide bonds. The van der Waals surface area contributed by atoms with Crippen LogP contribution < -0.4 is 10.6 Å². The molecular weight excluding hydrogens is 232 g/mol. The molecule has 0 fully saturated rings. The van der Waals surface area contributed by atoms with E-state index in [2.05, 4.69) is 10.6 Å². The standard InChI is InChI=1S/C13H18N2O3/c1-10(11-5-3-2-4-6-11)7-15-12(16)8-14-9-13(17)18/h2-6,10,14H,7-9H2,1H3,(H,15,16)(H,17,18). The van der Waals surface area contributed by atoms with Crippen molar-refractivity contribution in [3.05, 3.63) is 35.9 Å². The number of hydrogen-bond acceptors (Lipinski definition) is 3. The number of rotatable bonds is 7. The van der Waals surface area contributed by atoms with Crippen LogP contribution in [0.3, 0.4) is 0 Å². The van der Waals surface area contributed by atoms with Crippen LogP contribution in [0.5, 0.6) is 0 Å². The van der Waals surface area contributed by atoms with Gasteiger partial charge in [0.2, 0.25) is 5.91 Å². The summed E-state index contributed by atoms with van der Waals surface area (Å²) in [5.41, 5.74) is 1.16. The van der Waals surface area contributed by atoms with E-state index in [9.17, 15) is 9.59 Å². The molecular formula is C13H18N2O3. The summed E-state index contributed by atoms with van der Waals surface area (Å²) < 4.78 is 0. The number of carboxylic acids is 1. The third-order valence-corrected chi connectivity index (χ3v) is 2.54. The van der Waals surface area contributed by atoms with Crippen molar-refractivity contribution in [2.24, 2.45) is 0 Å². The Bertz CT molecular complexity index is 392. The van der Waals surface area contributed by atoms with Gasteiger partial charge in [0.15, 0.2) is 0 Å². The first kappa shape index (κ1) is 14.2. The number of amides is 1. The van der Waals surface area contributed by atoms with Crippen LogP contribution in [-0.2, 0) is 9.59 Å². The molecule has 0 saturated heterocycles. The molecule has 1 unspecified atom stereocenters. The predicted octanol–water partition coefficient (Wildman–Crippen LogP) is 0.581. The van der Waals surface area contributed by atoms with Crippen molar-refractivity contribution in [3.63, 3.8) is 0 Å². The van der Waals surface area contributed by atoms with E-state index in [1.807, 2.05) is 37.3 Å². The van der Waals surface area contributed by atoms with Crippen LogP contribution in [0, 0.1) is 0 Å². The van der Waals surface area contributed by atoms with Crippen molar-refractivity contribution in [3.8, 4) is 0 Å². The Morgan fingerprint density at radius 1 is 1.22 bits per heavy atom. The van der Waals surface area contributed by atoms with E-state index >= 15 is 0 Å². The van der Waals surface area contributed by atoms with Gasteiger partial charge in [-0.05, 0) is 11.5 Å². The molecule has 1 atom stereocenters. The van der Waals surface area contributed by atoms with Gasteiger partial charge < -0.3 is 10.4 Å². The maximum atomic E-state index is 11.4. The number of carboxylic acid groups (broad SMARTS) is 1. The number of aliphatic carboxylic acids is 1. The highest BCUT2D eigenvalue weighted by molar-refractivity contribution is 5.79. The molecule has 3 N–H and O–H groups in total. The maximum Gasteiger partial charge on any atom is 0.317 e. The Morgan fingerprint density at radius 3 is 2.50 bits per heavy atom. The van der Waals surface area contributed by atoms with E-state index in [1.165, 1.54) is 0 Å². The maximum absolute atomic E-state index is 11.4. The van der Waals surface area contributed by atoms with Gasteiger partial charge in [-0.3, -0.25) is 14.9 Å². The molecule has 1 aromatic rings. The largest absolute Gasteiger partial charge is 0.480 e. The highest BCUT2D eigenvalue weighted by atomic mass is 16.4. The first-order valence-corrected chi connectivity index (χ1v) is 5.83. The van der Waals surface area contributed by atoms with Gasteiger partial charge in [0.1, 0.15) is 0 Å². The smallest absolute Gasteiger partial charge is 0.317 e. The van der Waals surface area contributed by atoms with E-state index in [4.69, 9.17) is 5.11 Å². The average Bonchev–Trinajstić information content (AvgIpc) is 2.36. The summed E-state index contributed by atoms with van der Waals surface area (Å²) in [4.78, 5) is 21.6. The summed E-state index contributed by atoms with van der Waals surface area (Å²) in [6.07, 6.45) is 0. The quantitative estimate of drug-likeness (QED) is 0.661. The minimum atomic E-state index is -0.972. The summed E-state index contributed by atoms with van der Waals surface area (Å²) in [6, 6.07) is 9.90. The molecule has 0 radical (unpaired) electrons. The predicted molar refractivity (Wildman–Crippen MR) is 68.4 cm³/mol. The molecule has 0 aliphatic carbocycles. The van der Waals surface area contributed by atoms with Crippen molar-refractivity contribution in [2.45, 2.75) is 12.8 Å². The number of nitrogens with one attached hydrogen (secondary N) is 2. The van der Waals surface area contributed by atoms with Gasteiger partial charge in [0.05, 0.1) is 13.1 Å². The molecule has 0 aromatic heterocycles. The molecule has 5 nitrogen and oxygen atoms in total. The zero-order valence-corrected chi connectivity index (χ0v) is 10.3. The molecule has 98 valence electrons. The summed E-state index contributed by atoms with van der Waals surface area (Å²) in [5, 5.41) is 13.7. The zero-order chi connectivity index (χ0) is 13.4. The van der Waals surface area contributed by atoms with Crippen molar-refractivity contribution in [2.75, 3.05) is 19.6 Å². The van der Waals surface area contributed by atoms with Crippen LogP contribution >= 0.6 is 0 Å². The zero-order valence-electron chi connectivity index (χ0n) is 10.3. The van der Waals surface area contributed by atoms with Gasteiger partial charge in [-0.15, -0.1) is 0 Å². The van der Waals surface area contributed by atoms with Crippen LogP contribution in [0.1, 0.15) is 18.4 Å². The second-order valence-electron chi connectivity index (χ2n) is 4.11. The van der Waals surface area contributed by atoms with Crippen molar-refractivity contribution < 1.29 is 14.7 Å². The van der Waals surface area contributed by atoms with Gasteiger partial charge >= 0.3 is 5.97 Å². The molecule has 0 aliphatic heterocycles. The number of carbonyl (C=O) groups is 2. The minimum absolute atomic E-state index is 0.0216. The summed E-state index contributed by atoms with van der Waals surface area (Å²) >= 11 is 0. The molecule has 0 heterocycles. The lowest BCUT2D eigenvalue weighted by Gasteiger charge is -2.13. The normalized spacial score (nSPS) is 11.8. The van der Waals surface area contributed by atoms with Gasteiger partial charge in [0, 0.05) is 6.54 Å². The van der Waals surface area contributed by atoms with E-state index < -0.39 is 5.97 Å². The fraction of sp³-hybridized carbons (Fsp3) is 0.385. The van der Waals surface area contributed by atoms with Crippen LogP contribution in [0.25, 0.3) is 0 Å². The van der Waals surface area contributed by atoms with Gasteiger partial charge in [0.25, 0.3) is 0 Å². The van der Waals surface area contributed by atoms with Gasteiger partial charge in [-0.1, -0.05) is 37.3 Å². The average molecular weight is 250 g/mol. The number of hydrogen-bond donors (Lipinski definition) is 3. The van der Waals surface area contributed by atoms with Crippen molar-refractivity contribution in [1.29, 1.82) is 0 Å². The molecule has 0 bridgehead atoms. The first-order chi connectivity index (χ1) is 8.59. The molecule has 0 saturated carbocycles. The van der Waals surface area contributed by atoms with E-state index in [0.717, 1.165) is 5.56 Å². The minimum Gasteiger partial charge on any atom is -0.480 e. The highest BCUT2D eigenvalue weighted by Crippen LogP contribution is 2.12. The van der Waals surface area contributed by atoms with Crippen molar-refractivity contribution in [1.82, 2.24) is 10.6 Å². The van der Waals surface area contributed by atoms with E-state index in [0.29, 0.717) is 6.54 Å². The Morgan fingerprint density at radius 2 is 1.89 bits per heavy atom. The van der Waals surface area contributed by atoms with Crippen LogP contribution in [0.15, 0.2) is 30.3 Å². The van der Waals surface area contributed by atoms with Crippen LogP contribution in [-0.4, -0.2) is 36.6 Å². The lowest BCUT2D eigenvalue weighted by atomic mass is 10.0. The SMILES string of the molecule is CC(CNC(=O)CNCC(=O)O)c1ccccc1. The van der Waals surface area contributed by atoms with Gasteiger partial charge in [-0.2, -0.15) is 0 Å². The second kappa shape index (κ2) is 7.45. The second-order valence-corrected chi connectivity index (χ2v) is 4.11. The first-order valence-electron chi connectivity index (χ1n) is 5.83. The molecule has 1 rings (SSSR count). The van der Waals surface area contributed by atoms with E-state index in [1.54, 1.807) is 0 Å². The number of benzene rings is 1. The van der Waals surface area contributed by atoms with Crippen LogP contribution in [0.4, 0.5) is 0 Å². The molecule has 0 aliphatic rings. The monoisotopic (exact) mass is 250 g/mol. The van der Waals surface area contributed by atoms with Crippen LogP contribution in [0.2, 0.25) is 0 Å². The Labute approximate surface area is 106 Å². The number of carbonyl (C=O) groups excluding carboxylic acids is 1. The highest BCUT2D eigenvalue weighted by Gasteiger charge is 2.07. The fourth-order valence-electron chi connectivity index (χ4n) is 1.51. The summed E-state index contributed by atoms with van der Waals surface area (Å²) in [6.45, 7) is 2.38. The lowest BCUT2D eigenvalue weighted by Crippen LogP contribution is -2.37. The third-order valence-electron chi connectivity index (χ3n) is 2.54. The van der Waals surface area contributed by atoms with E-state index in [-0.39, 0.29) is 24.9 Å². The molecule has 0 spiro atoms. The molecule has 5 heteroatoms. The van der Waals surface area contributed by atoms with Gasteiger partial charge in [-0.25, -0.2) is 0 Å². The molecule has 1 aromatic carbocycles.